The van der Waals surface area contributed by atoms with Gasteiger partial charge in [0.1, 0.15) is 0 Å². The van der Waals surface area contributed by atoms with Gasteiger partial charge >= 0.3 is 0 Å². The van der Waals surface area contributed by atoms with Crippen LogP contribution in [0.2, 0.25) is 0 Å². The highest BCUT2D eigenvalue weighted by Crippen LogP contribution is 2.30. The molecule has 2 aromatic heterocycles. The summed E-state index contributed by atoms with van der Waals surface area (Å²) in [7, 11) is 0. The van der Waals surface area contributed by atoms with Crippen molar-refractivity contribution in [2.45, 2.75) is 26.4 Å². The van der Waals surface area contributed by atoms with E-state index in [9.17, 15) is 0 Å². The second kappa shape index (κ2) is 9.13. The average molecular weight is 437 g/mol. The van der Waals surface area contributed by atoms with E-state index in [1.165, 1.54) is 0 Å². The zero-order valence-electron chi connectivity index (χ0n) is 18.3. The van der Waals surface area contributed by atoms with Gasteiger partial charge in [0, 0.05) is 24.1 Å². The molecule has 0 aliphatic rings. The normalized spacial score (nSPS) is 11.1. The van der Waals surface area contributed by atoms with E-state index < -0.39 is 0 Å². The molecule has 2 heterocycles. The maximum atomic E-state index is 5.74. The van der Waals surface area contributed by atoms with E-state index in [1.807, 2.05) is 35.0 Å². The fourth-order valence-corrected chi connectivity index (χ4v) is 3.82. The van der Waals surface area contributed by atoms with Crippen molar-refractivity contribution in [3.63, 3.8) is 0 Å². The molecule has 0 spiro atoms. The molecule has 3 aromatic carbocycles. The largest absolute Gasteiger partial charge is 0.326 e. The number of hydrogen-bond acceptors (Lipinski definition) is 6. The topological polar surface area (TPSA) is 111 Å². The molecule has 3 N–H and O–H groups in total. The van der Waals surface area contributed by atoms with Gasteiger partial charge in [0.2, 0.25) is 5.82 Å². The van der Waals surface area contributed by atoms with Crippen LogP contribution >= 0.6 is 0 Å². The first kappa shape index (κ1) is 20.7. The van der Waals surface area contributed by atoms with Crippen LogP contribution in [-0.4, -0.2) is 35.4 Å². The zero-order valence-corrected chi connectivity index (χ0v) is 18.3. The number of hydrogen-bond donors (Lipinski definition) is 2. The monoisotopic (exact) mass is 436 g/mol. The van der Waals surface area contributed by atoms with Gasteiger partial charge in [-0.1, -0.05) is 79.7 Å². The predicted octanol–water partition coefficient (Wildman–Crippen LogP) is 3.86. The summed E-state index contributed by atoms with van der Waals surface area (Å²) in [5.74, 6) is 2.27. The molecule has 0 aliphatic heterocycles. The zero-order chi connectivity index (χ0) is 22.6. The lowest BCUT2D eigenvalue weighted by molar-refractivity contribution is 0.680. The summed E-state index contributed by atoms with van der Waals surface area (Å²) < 4.78 is 1.97. The van der Waals surface area contributed by atoms with E-state index in [0.717, 1.165) is 51.5 Å². The minimum absolute atomic E-state index is 0.523. The highest BCUT2D eigenvalue weighted by Gasteiger charge is 2.13. The van der Waals surface area contributed by atoms with Gasteiger partial charge < -0.3 is 5.73 Å². The third-order valence-electron chi connectivity index (χ3n) is 5.59. The number of aryl methyl sites for hydroxylation is 1. The molecule has 0 atom stereocenters. The van der Waals surface area contributed by atoms with E-state index in [2.05, 4.69) is 70.0 Å². The highest BCUT2D eigenvalue weighted by molar-refractivity contribution is 5.80. The van der Waals surface area contributed by atoms with Gasteiger partial charge in [-0.25, -0.2) is 9.67 Å². The molecule has 0 saturated carbocycles. The number of aromatic amines is 1. The maximum absolute atomic E-state index is 5.74. The third kappa shape index (κ3) is 4.28. The van der Waals surface area contributed by atoms with Crippen molar-refractivity contribution in [1.29, 1.82) is 0 Å². The minimum atomic E-state index is 0.523. The molecule has 0 aliphatic carbocycles. The lowest BCUT2D eigenvalue weighted by Crippen LogP contribution is -2.05. The Morgan fingerprint density at radius 1 is 0.848 bits per heavy atom. The predicted molar refractivity (Wildman–Crippen MR) is 127 cm³/mol. The van der Waals surface area contributed by atoms with E-state index in [1.54, 1.807) is 0 Å². The SMILES string of the molecule is CCc1nc(-c2ccc(CN)cc2)n(Cc2ccc(-c3ccccc3-c3nn[nH]n3)cc2)n1. The van der Waals surface area contributed by atoms with Crippen molar-refractivity contribution in [2.75, 3.05) is 0 Å². The summed E-state index contributed by atoms with van der Waals surface area (Å²) in [6, 6.07) is 24.7. The van der Waals surface area contributed by atoms with Crippen LogP contribution in [0.3, 0.4) is 0 Å². The molecule has 33 heavy (non-hydrogen) atoms. The van der Waals surface area contributed by atoms with Crippen LogP contribution in [0, 0.1) is 0 Å². The van der Waals surface area contributed by atoms with Crippen LogP contribution in [0.15, 0.2) is 72.8 Å². The number of H-pyrrole nitrogens is 1. The fourth-order valence-electron chi connectivity index (χ4n) is 3.82. The van der Waals surface area contributed by atoms with Crippen molar-refractivity contribution in [3.05, 3.63) is 89.7 Å². The highest BCUT2D eigenvalue weighted by atomic mass is 15.5. The van der Waals surface area contributed by atoms with Crippen LogP contribution < -0.4 is 5.73 Å². The van der Waals surface area contributed by atoms with E-state index in [4.69, 9.17) is 15.8 Å². The van der Waals surface area contributed by atoms with Crippen LogP contribution in [0.5, 0.6) is 0 Å². The summed E-state index contributed by atoms with van der Waals surface area (Å²) in [6.07, 6.45) is 0.784. The molecular formula is C25H24N8. The molecule has 0 bridgehead atoms. The van der Waals surface area contributed by atoms with Gasteiger partial charge in [0.25, 0.3) is 0 Å². The Balaban J connectivity index is 1.43. The first-order valence-corrected chi connectivity index (χ1v) is 10.9. The summed E-state index contributed by atoms with van der Waals surface area (Å²) in [4.78, 5) is 4.75. The molecule has 164 valence electrons. The number of nitrogens with zero attached hydrogens (tertiary/aromatic N) is 6. The number of benzene rings is 3. The van der Waals surface area contributed by atoms with Gasteiger partial charge in [0.05, 0.1) is 6.54 Å². The van der Waals surface area contributed by atoms with Crippen molar-refractivity contribution < 1.29 is 0 Å². The summed E-state index contributed by atoms with van der Waals surface area (Å²) >= 11 is 0. The lowest BCUT2D eigenvalue weighted by atomic mass is 9.98. The number of nitrogens with two attached hydrogens (primary N) is 1. The summed E-state index contributed by atoms with van der Waals surface area (Å²) in [5.41, 5.74) is 12.1. The molecule has 0 fully saturated rings. The van der Waals surface area contributed by atoms with Crippen molar-refractivity contribution in [1.82, 2.24) is 35.4 Å². The standard InChI is InChI=1S/C25H24N8/c1-2-23-27-25(20-13-7-17(15-26)8-14-20)33(30-23)16-18-9-11-19(12-10-18)21-5-3-4-6-22(21)24-28-31-32-29-24/h3-14H,2,15-16,26H2,1H3,(H,28,29,31,32). The lowest BCUT2D eigenvalue weighted by Gasteiger charge is -2.10. The Morgan fingerprint density at radius 2 is 1.55 bits per heavy atom. The summed E-state index contributed by atoms with van der Waals surface area (Å²) in [6.45, 7) is 3.22. The van der Waals surface area contributed by atoms with Gasteiger partial charge in [-0.05, 0) is 27.5 Å². The Bertz CT molecular complexity index is 1340. The quantitative estimate of drug-likeness (QED) is 0.401. The maximum Gasteiger partial charge on any atom is 0.205 e. The van der Waals surface area contributed by atoms with Crippen molar-refractivity contribution in [3.8, 4) is 33.9 Å². The van der Waals surface area contributed by atoms with Crippen LogP contribution in [-0.2, 0) is 19.5 Å². The molecule has 8 nitrogen and oxygen atoms in total. The van der Waals surface area contributed by atoms with Crippen molar-refractivity contribution >= 4 is 0 Å². The molecule has 8 heteroatoms. The Hall–Kier alpha value is -4.17. The molecule has 5 aromatic rings. The Labute approximate surface area is 191 Å². The number of rotatable bonds is 7. The molecule has 0 radical (unpaired) electrons. The Kier molecular flexibility index (Phi) is 5.73. The minimum Gasteiger partial charge on any atom is -0.326 e. The van der Waals surface area contributed by atoms with Gasteiger partial charge in [-0.3, -0.25) is 0 Å². The second-order valence-corrected chi connectivity index (χ2v) is 7.74. The van der Waals surface area contributed by atoms with Gasteiger partial charge in [-0.2, -0.15) is 10.3 Å². The van der Waals surface area contributed by atoms with E-state index >= 15 is 0 Å². The van der Waals surface area contributed by atoms with Crippen LogP contribution in [0.25, 0.3) is 33.9 Å². The summed E-state index contributed by atoms with van der Waals surface area (Å²) in [5, 5.41) is 19.2. The third-order valence-corrected chi connectivity index (χ3v) is 5.59. The molecular weight excluding hydrogens is 412 g/mol. The number of nitrogens with one attached hydrogen (secondary N) is 1. The Morgan fingerprint density at radius 3 is 2.21 bits per heavy atom. The number of tetrazole rings is 1. The van der Waals surface area contributed by atoms with Gasteiger partial charge in [0.15, 0.2) is 11.6 Å². The van der Waals surface area contributed by atoms with Crippen molar-refractivity contribution in [2.24, 2.45) is 5.73 Å². The smallest absolute Gasteiger partial charge is 0.205 e. The average Bonchev–Trinajstić information content (AvgIpc) is 3.55. The fraction of sp³-hybridized carbons (Fsp3) is 0.160. The van der Waals surface area contributed by atoms with Gasteiger partial charge in [-0.15, -0.1) is 10.2 Å². The first-order chi connectivity index (χ1) is 16.2. The van der Waals surface area contributed by atoms with Crippen LogP contribution in [0.1, 0.15) is 23.9 Å². The van der Waals surface area contributed by atoms with E-state index in [0.29, 0.717) is 18.9 Å². The number of aromatic nitrogens is 7. The molecule has 0 saturated heterocycles. The first-order valence-electron chi connectivity index (χ1n) is 10.9. The second-order valence-electron chi connectivity index (χ2n) is 7.74. The molecule has 5 rings (SSSR count). The molecule has 0 unspecified atom stereocenters. The van der Waals surface area contributed by atoms with E-state index in [-0.39, 0.29) is 0 Å². The molecule has 0 amide bonds. The van der Waals surface area contributed by atoms with Crippen LogP contribution in [0.4, 0.5) is 0 Å².